The predicted molar refractivity (Wildman–Crippen MR) is 136 cm³/mol. The lowest BCUT2D eigenvalue weighted by molar-refractivity contribution is -0.116. The number of rotatable bonds is 3. The van der Waals surface area contributed by atoms with Gasteiger partial charge in [0.05, 0.1) is 23.8 Å². The lowest BCUT2D eigenvalue weighted by Gasteiger charge is -2.31. The van der Waals surface area contributed by atoms with Gasteiger partial charge in [0.2, 0.25) is 5.91 Å². The SMILES string of the molecule is Cc1ccc(C2CC(=O)Nc3cc(C(=O)N4CCNCC4)ccc3N2C(=O)c2ccc(F)c(F)c2)cc1. The van der Waals surface area contributed by atoms with Gasteiger partial charge in [-0.05, 0) is 48.9 Å². The van der Waals surface area contributed by atoms with Gasteiger partial charge < -0.3 is 15.5 Å². The van der Waals surface area contributed by atoms with E-state index in [0.717, 1.165) is 17.7 Å². The molecule has 1 unspecified atom stereocenters. The van der Waals surface area contributed by atoms with Gasteiger partial charge in [-0.3, -0.25) is 19.3 Å². The number of amides is 3. The van der Waals surface area contributed by atoms with E-state index in [1.165, 1.54) is 11.0 Å². The van der Waals surface area contributed by atoms with Crippen LogP contribution in [0.15, 0.2) is 60.7 Å². The normalized spacial score (nSPS) is 17.6. The fourth-order valence-corrected chi connectivity index (χ4v) is 4.74. The van der Waals surface area contributed by atoms with Crippen molar-refractivity contribution < 1.29 is 23.2 Å². The average Bonchev–Trinajstić information content (AvgIpc) is 3.05. The maximum Gasteiger partial charge on any atom is 0.259 e. The Kier molecular flexibility index (Phi) is 6.71. The second-order valence-electron chi connectivity index (χ2n) is 9.26. The van der Waals surface area contributed by atoms with E-state index in [1.54, 1.807) is 23.1 Å². The Hall–Kier alpha value is -4.11. The molecule has 5 rings (SSSR count). The van der Waals surface area contributed by atoms with E-state index in [4.69, 9.17) is 0 Å². The van der Waals surface area contributed by atoms with Crippen LogP contribution in [0.5, 0.6) is 0 Å². The van der Waals surface area contributed by atoms with E-state index in [-0.39, 0.29) is 23.8 Å². The summed E-state index contributed by atoms with van der Waals surface area (Å²) in [6.07, 6.45) is -0.0613. The highest BCUT2D eigenvalue weighted by molar-refractivity contribution is 6.12. The minimum absolute atomic E-state index is 0.0581. The Morgan fingerprint density at radius 3 is 2.24 bits per heavy atom. The number of anilines is 2. The lowest BCUT2D eigenvalue weighted by atomic mass is 9.98. The zero-order valence-electron chi connectivity index (χ0n) is 20.3. The third-order valence-electron chi connectivity index (χ3n) is 6.72. The number of hydrogen-bond donors (Lipinski definition) is 2. The minimum atomic E-state index is -1.14. The van der Waals surface area contributed by atoms with Crippen LogP contribution in [0.4, 0.5) is 20.2 Å². The Morgan fingerprint density at radius 1 is 0.865 bits per heavy atom. The second kappa shape index (κ2) is 10.1. The number of aryl methyl sites for hydroxylation is 1. The highest BCUT2D eigenvalue weighted by atomic mass is 19.2. The van der Waals surface area contributed by atoms with Gasteiger partial charge in [-0.2, -0.15) is 0 Å². The maximum absolute atomic E-state index is 14.1. The summed E-state index contributed by atoms with van der Waals surface area (Å²) in [5.74, 6) is -3.30. The fourth-order valence-electron chi connectivity index (χ4n) is 4.74. The molecular formula is C28H26F2N4O3. The predicted octanol–water partition coefficient (Wildman–Crippen LogP) is 4.05. The molecule has 0 saturated carbocycles. The fraction of sp³-hybridized carbons (Fsp3) is 0.250. The summed E-state index contributed by atoms with van der Waals surface area (Å²) in [5.41, 5.74) is 2.72. The van der Waals surface area contributed by atoms with Gasteiger partial charge in [0, 0.05) is 37.3 Å². The van der Waals surface area contributed by atoms with Gasteiger partial charge in [-0.1, -0.05) is 29.8 Å². The van der Waals surface area contributed by atoms with Gasteiger partial charge in [-0.15, -0.1) is 0 Å². The van der Waals surface area contributed by atoms with Gasteiger partial charge >= 0.3 is 0 Å². The van der Waals surface area contributed by atoms with Crippen molar-refractivity contribution in [2.24, 2.45) is 0 Å². The maximum atomic E-state index is 14.1. The van der Waals surface area contributed by atoms with Crippen molar-refractivity contribution in [2.75, 3.05) is 36.4 Å². The van der Waals surface area contributed by atoms with Crippen molar-refractivity contribution in [3.05, 3.63) is 94.6 Å². The third-order valence-corrected chi connectivity index (χ3v) is 6.72. The average molecular weight is 505 g/mol. The van der Waals surface area contributed by atoms with E-state index in [9.17, 15) is 23.2 Å². The van der Waals surface area contributed by atoms with Crippen molar-refractivity contribution in [3.63, 3.8) is 0 Å². The Labute approximate surface area is 213 Å². The van der Waals surface area contributed by atoms with Gasteiger partial charge in [-0.25, -0.2) is 8.78 Å². The number of fused-ring (bicyclic) bond motifs is 1. The van der Waals surface area contributed by atoms with Gasteiger partial charge in [0.15, 0.2) is 11.6 Å². The van der Waals surface area contributed by atoms with Crippen LogP contribution in [-0.4, -0.2) is 48.8 Å². The highest BCUT2D eigenvalue weighted by Gasteiger charge is 2.35. The van der Waals surface area contributed by atoms with Crippen molar-refractivity contribution in [1.82, 2.24) is 10.2 Å². The summed E-state index contributed by atoms with van der Waals surface area (Å²) >= 11 is 0. The first-order valence-corrected chi connectivity index (χ1v) is 12.1. The zero-order valence-corrected chi connectivity index (χ0v) is 20.3. The quantitative estimate of drug-likeness (QED) is 0.564. The summed E-state index contributed by atoms with van der Waals surface area (Å²) in [6.45, 7) is 4.46. The van der Waals surface area contributed by atoms with Crippen molar-refractivity contribution in [3.8, 4) is 0 Å². The molecule has 0 bridgehead atoms. The molecule has 9 heteroatoms. The number of carbonyl (C=O) groups is 3. The van der Waals surface area contributed by atoms with Crippen LogP contribution in [0.2, 0.25) is 0 Å². The third kappa shape index (κ3) is 4.95. The number of benzene rings is 3. The molecule has 1 saturated heterocycles. The number of nitrogens with one attached hydrogen (secondary N) is 2. The van der Waals surface area contributed by atoms with Crippen LogP contribution in [0, 0.1) is 18.6 Å². The standard InChI is InChI=1S/C28H26F2N4O3/c1-17-2-4-18(5-3-17)25-16-26(35)32-23-15-20(27(36)33-12-10-31-11-13-33)7-9-24(23)34(25)28(37)19-6-8-21(29)22(30)14-19/h2-9,14-15,25,31H,10-13,16H2,1H3,(H,32,35). The molecule has 7 nitrogen and oxygen atoms in total. The largest absolute Gasteiger partial charge is 0.336 e. The van der Waals surface area contributed by atoms with E-state index >= 15 is 0 Å². The van der Waals surface area contributed by atoms with Crippen LogP contribution in [0.25, 0.3) is 0 Å². The Bertz CT molecular complexity index is 1370. The van der Waals surface area contributed by atoms with Crippen LogP contribution in [0.1, 0.15) is 44.3 Å². The first-order chi connectivity index (χ1) is 17.8. The molecule has 0 radical (unpaired) electrons. The van der Waals surface area contributed by atoms with Crippen LogP contribution >= 0.6 is 0 Å². The molecular weight excluding hydrogens is 478 g/mol. The van der Waals surface area contributed by atoms with Gasteiger partial charge in [0.25, 0.3) is 11.8 Å². The van der Waals surface area contributed by atoms with Gasteiger partial charge in [0.1, 0.15) is 0 Å². The minimum Gasteiger partial charge on any atom is -0.336 e. The van der Waals surface area contributed by atoms with Crippen molar-refractivity contribution in [2.45, 2.75) is 19.4 Å². The molecule has 2 N–H and O–H groups in total. The first-order valence-electron chi connectivity index (χ1n) is 12.1. The molecule has 2 aliphatic heterocycles. The molecule has 190 valence electrons. The summed E-state index contributed by atoms with van der Waals surface area (Å²) in [6, 6.07) is 14.5. The van der Waals surface area contributed by atoms with Crippen LogP contribution in [-0.2, 0) is 4.79 Å². The molecule has 1 atom stereocenters. The Morgan fingerprint density at radius 2 is 1.54 bits per heavy atom. The monoisotopic (exact) mass is 504 g/mol. The second-order valence-corrected chi connectivity index (χ2v) is 9.26. The van der Waals surface area contributed by atoms with Crippen molar-refractivity contribution >= 4 is 29.1 Å². The lowest BCUT2D eigenvalue weighted by Crippen LogP contribution is -2.46. The van der Waals surface area contributed by atoms with Crippen LogP contribution < -0.4 is 15.5 Å². The first kappa shape index (κ1) is 24.6. The molecule has 0 aliphatic carbocycles. The van der Waals surface area contributed by atoms with E-state index < -0.39 is 23.6 Å². The number of piperazine rings is 1. The molecule has 2 aliphatic rings. The molecule has 3 aromatic rings. The molecule has 0 spiro atoms. The molecule has 3 aromatic carbocycles. The van der Waals surface area contributed by atoms with E-state index in [2.05, 4.69) is 10.6 Å². The smallest absolute Gasteiger partial charge is 0.259 e. The summed E-state index contributed by atoms with van der Waals surface area (Å²) in [5, 5.41) is 6.04. The highest BCUT2D eigenvalue weighted by Crippen LogP contribution is 2.40. The Balaban J connectivity index is 1.61. The molecule has 0 aromatic heterocycles. The summed E-state index contributed by atoms with van der Waals surface area (Å²) in [7, 11) is 0. The molecule has 37 heavy (non-hydrogen) atoms. The number of halogens is 2. The van der Waals surface area contributed by atoms with E-state index in [0.29, 0.717) is 48.7 Å². The summed E-state index contributed by atoms with van der Waals surface area (Å²) in [4.78, 5) is 43.1. The van der Waals surface area contributed by atoms with Crippen molar-refractivity contribution in [1.29, 1.82) is 0 Å². The van der Waals surface area contributed by atoms with E-state index in [1.807, 2.05) is 31.2 Å². The number of carbonyl (C=O) groups excluding carboxylic acids is 3. The molecule has 3 amide bonds. The number of nitrogens with zero attached hydrogens (tertiary/aromatic N) is 2. The summed E-state index contributed by atoms with van der Waals surface area (Å²) < 4.78 is 27.7. The molecule has 2 heterocycles. The zero-order chi connectivity index (χ0) is 26.1. The van der Waals surface area contributed by atoms with Crippen LogP contribution in [0.3, 0.4) is 0 Å². The number of hydrogen-bond acceptors (Lipinski definition) is 4. The molecule has 1 fully saturated rings. The topological polar surface area (TPSA) is 81.8 Å².